The predicted octanol–water partition coefficient (Wildman–Crippen LogP) is 2.92. The van der Waals surface area contributed by atoms with Crippen molar-refractivity contribution in [3.63, 3.8) is 0 Å². The maximum atomic E-state index is 12.4. The molecule has 2 N–H and O–H groups in total. The number of hydrogen-bond donors (Lipinski definition) is 2. The molecule has 9 heteroatoms. The number of esters is 1. The van der Waals surface area contributed by atoms with Gasteiger partial charge < -0.3 is 9.84 Å². The summed E-state index contributed by atoms with van der Waals surface area (Å²) in [4.78, 5) is 23.2. The molecular weight excluding hydrogens is 371 g/mol. The molecule has 0 aliphatic heterocycles. The van der Waals surface area contributed by atoms with Crippen LogP contribution in [0.4, 0.5) is 0 Å². The molecular formula is C17H33NaO7S. The molecule has 0 saturated heterocycles. The van der Waals surface area contributed by atoms with Crippen LogP contribution >= 0.6 is 0 Å². The van der Waals surface area contributed by atoms with Gasteiger partial charge in [-0.05, 0) is 25.7 Å². The number of aliphatic carboxylic acids is 1. The van der Waals surface area contributed by atoms with Gasteiger partial charge in [-0.1, -0.05) is 52.9 Å². The molecule has 26 heavy (non-hydrogen) atoms. The van der Waals surface area contributed by atoms with Crippen LogP contribution in [0, 0.1) is 0 Å². The summed E-state index contributed by atoms with van der Waals surface area (Å²) in [5, 5.41) is 6.73. The van der Waals surface area contributed by atoms with Gasteiger partial charge in [0.2, 0.25) is 0 Å². The molecule has 1 atom stereocenters. The van der Waals surface area contributed by atoms with Crippen molar-refractivity contribution in [1.29, 1.82) is 0 Å². The van der Waals surface area contributed by atoms with E-state index in [-0.39, 0.29) is 29.6 Å². The Hall–Kier alpha value is -0.150. The molecule has 0 spiro atoms. The summed E-state index contributed by atoms with van der Waals surface area (Å²) < 4.78 is 37.6. The van der Waals surface area contributed by atoms with Crippen molar-refractivity contribution in [2.24, 2.45) is 0 Å². The number of unbranched alkanes of at least 4 members (excludes halogenated alkanes) is 3. The van der Waals surface area contributed by atoms with Crippen LogP contribution in [0.2, 0.25) is 0 Å². The third-order valence-corrected chi connectivity index (χ3v) is 5.27. The molecule has 0 aliphatic carbocycles. The SMILES string of the molecule is CCCCCCC(CCC)(CCC)OC(=O)C(CC(=O)O)S(=O)(=O)O.[NaH]. The van der Waals surface area contributed by atoms with E-state index in [1.54, 1.807) is 0 Å². The van der Waals surface area contributed by atoms with Crippen LogP contribution in [0.1, 0.15) is 85.0 Å². The third kappa shape index (κ3) is 10.9. The van der Waals surface area contributed by atoms with Gasteiger partial charge in [0.15, 0.2) is 5.25 Å². The summed E-state index contributed by atoms with van der Waals surface area (Å²) >= 11 is 0. The molecule has 0 fully saturated rings. The molecule has 0 amide bonds. The molecule has 0 bridgehead atoms. The number of hydrogen-bond acceptors (Lipinski definition) is 5. The fourth-order valence-corrected chi connectivity index (χ4v) is 3.71. The normalized spacial score (nSPS) is 12.9. The Bertz CT molecular complexity index is 513. The number of ether oxygens (including phenoxy) is 1. The zero-order chi connectivity index (χ0) is 19.5. The van der Waals surface area contributed by atoms with E-state index >= 15 is 0 Å². The summed E-state index contributed by atoms with van der Waals surface area (Å²) in [6, 6.07) is 0. The molecule has 1 unspecified atom stereocenters. The van der Waals surface area contributed by atoms with Gasteiger partial charge in [0.1, 0.15) is 5.60 Å². The first-order chi connectivity index (χ1) is 11.6. The maximum absolute atomic E-state index is 12.4. The Labute approximate surface area is 179 Å². The number of carbonyl (C=O) groups excluding carboxylic acids is 1. The van der Waals surface area contributed by atoms with E-state index in [0.717, 1.165) is 38.5 Å². The first-order valence-corrected chi connectivity index (χ1v) is 10.5. The molecule has 0 aromatic rings. The Morgan fingerprint density at radius 1 is 0.962 bits per heavy atom. The Morgan fingerprint density at radius 2 is 1.50 bits per heavy atom. The summed E-state index contributed by atoms with van der Waals surface area (Å²) in [5.41, 5.74) is -0.810. The average molecular weight is 405 g/mol. The number of carbonyl (C=O) groups is 2. The summed E-state index contributed by atoms with van der Waals surface area (Å²) in [5.74, 6) is -2.67. The second kappa shape index (κ2) is 13.9. The molecule has 7 nitrogen and oxygen atoms in total. The summed E-state index contributed by atoms with van der Waals surface area (Å²) in [6.07, 6.45) is 6.19. The number of carboxylic acid groups (broad SMARTS) is 1. The van der Waals surface area contributed by atoms with Crippen LogP contribution in [0.15, 0.2) is 0 Å². The average Bonchev–Trinajstić information content (AvgIpc) is 2.48. The van der Waals surface area contributed by atoms with Crippen molar-refractivity contribution in [1.82, 2.24) is 0 Å². The van der Waals surface area contributed by atoms with Gasteiger partial charge >= 0.3 is 41.5 Å². The van der Waals surface area contributed by atoms with Crippen LogP contribution in [0.25, 0.3) is 0 Å². The van der Waals surface area contributed by atoms with E-state index < -0.39 is 39.3 Å². The molecule has 0 radical (unpaired) electrons. The van der Waals surface area contributed by atoms with Crippen LogP contribution in [0.5, 0.6) is 0 Å². The minimum absolute atomic E-state index is 0. The first-order valence-electron chi connectivity index (χ1n) is 9.02. The summed E-state index contributed by atoms with van der Waals surface area (Å²) in [7, 11) is -4.85. The molecule has 0 aromatic carbocycles. The molecule has 0 saturated carbocycles. The Kier molecular flexibility index (Phi) is 15.0. The second-order valence-corrected chi connectivity index (χ2v) is 8.12. The Balaban J connectivity index is 0. The van der Waals surface area contributed by atoms with Crippen molar-refractivity contribution < 1.29 is 32.4 Å². The third-order valence-electron chi connectivity index (χ3n) is 4.20. The molecule has 0 heterocycles. The Morgan fingerprint density at radius 3 is 1.88 bits per heavy atom. The second-order valence-electron chi connectivity index (χ2n) is 6.52. The van der Waals surface area contributed by atoms with Crippen molar-refractivity contribution in [2.75, 3.05) is 0 Å². The van der Waals surface area contributed by atoms with Gasteiger partial charge in [0.05, 0.1) is 6.42 Å². The van der Waals surface area contributed by atoms with E-state index in [9.17, 15) is 22.6 Å². The van der Waals surface area contributed by atoms with Crippen molar-refractivity contribution in [3.8, 4) is 0 Å². The van der Waals surface area contributed by atoms with E-state index in [2.05, 4.69) is 6.92 Å². The monoisotopic (exact) mass is 404 g/mol. The van der Waals surface area contributed by atoms with Gasteiger partial charge in [0, 0.05) is 0 Å². The van der Waals surface area contributed by atoms with Crippen LogP contribution < -0.4 is 0 Å². The van der Waals surface area contributed by atoms with Gasteiger partial charge in [-0.2, -0.15) is 8.42 Å². The zero-order valence-corrected chi connectivity index (χ0v) is 16.3. The molecule has 0 aromatic heterocycles. The minimum atomic E-state index is -4.85. The van der Waals surface area contributed by atoms with Gasteiger partial charge in [-0.15, -0.1) is 0 Å². The van der Waals surface area contributed by atoms with E-state index in [1.165, 1.54) is 0 Å². The summed E-state index contributed by atoms with van der Waals surface area (Å²) in [6.45, 7) is 5.98. The van der Waals surface area contributed by atoms with E-state index in [4.69, 9.17) is 9.84 Å². The fourth-order valence-electron chi connectivity index (χ4n) is 3.06. The number of rotatable bonds is 14. The standard InChI is InChI=1S/C17H32O7S.Na.H/c1-4-7-8-9-12-17(10-5-2,11-6-3)24-16(20)14(13-15(18)19)25(21,22)23;;/h14H,4-13H2,1-3H3,(H,18,19)(H,21,22,23);;. The van der Waals surface area contributed by atoms with Crippen molar-refractivity contribution in [2.45, 2.75) is 95.8 Å². The van der Waals surface area contributed by atoms with Gasteiger partial charge in [-0.25, -0.2) is 0 Å². The fraction of sp³-hybridized carbons (Fsp3) is 0.882. The zero-order valence-electron chi connectivity index (χ0n) is 15.5. The van der Waals surface area contributed by atoms with Crippen LogP contribution in [-0.4, -0.2) is 70.4 Å². The molecule has 0 aliphatic rings. The molecule has 150 valence electrons. The van der Waals surface area contributed by atoms with Crippen LogP contribution in [0.3, 0.4) is 0 Å². The van der Waals surface area contributed by atoms with Gasteiger partial charge in [0.25, 0.3) is 10.1 Å². The quantitative estimate of drug-likeness (QED) is 0.198. The van der Waals surface area contributed by atoms with E-state index in [0.29, 0.717) is 19.3 Å². The predicted molar refractivity (Wildman–Crippen MR) is 102 cm³/mol. The van der Waals surface area contributed by atoms with E-state index in [1.807, 2.05) is 13.8 Å². The number of carboxylic acids is 1. The topological polar surface area (TPSA) is 118 Å². The van der Waals surface area contributed by atoms with Crippen LogP contribution in [-0.2, 0) is 24.4 Å². The van der Waals surface area contributed by atoms with Crippen molar-refractivity contribution in [3.05, 3.63) is 0 Å². The van der Waals surface area contributed by atoms with Crippen molar-refractivity contribution >= 4 is 51.6 Å². The first kappa shape index (κ1) is 28.1. The molecule has 0 rings (SSSR count). The van der Waals surface area contributed by atoms with Gasteiger partial charge in [-0.3, -0.25) is 14.1 Å².